The molecule has 1 amide bonds. The molecule has 1 aliphatic heterocycles. The fraction of sp³-hybridized carbons (Fsp3) is 0.400. The van der Waals surface area contributed by atoms with Gasteiger partial charge in [-0.2, -0.15) is 0 Å². The SMILES string of the molecule is CC(C(=O)OC(C)(C)C)N1C(=O)C(=O)c2c(Br)cccc21. The number of benzene rings is 1. The maximum Gasteiger partial charge on any atom is 0.329 e. The normalized spacial score (nSPS) is 16.0. The number of rotatable bonds is 2. The molecule has 0 spiro atoms. The van der Waals surface area contributed by atoms with Crippen LogP contribution in [-0.4, -0.2) is 29.3 Å². The number of carbonyl (C=O) groups is 3. The Morgan fingerprint density at radius 1 is 1.29 bits per heavy atom. The molecule has 1 aliphatic rings. The average Bonchev–Trinajstić information content (AvgIpc) is 2.60. The number of Topliss-reactive ketones (excluding diaryl/α,β-unsaturated/α-hetero) is 1. The van der Waals surface area contributed by atoms with Gasteiger partial charge in [-0.15, -0.1) is 0 Å². The van der Waals surface area contributed by atoms with Gasteiger partial charge < -0.3 is 4.74 Å². The van der Waals surface area contributed by atoms with E-state index >= 15 is 0 Å². The Kier molecular flexibility index (Phi) is 3.93. The van der Waals surface area contributed by atoms with E-state index < -0.39 is 29.3 Å². The number of hydrogen-bond acceptors (Lipinski definition) is 4. The van der Waals surface area contributed by atoms with Crippen LogP contribution in [0.4, 0.5) is 5.69 Å². The number of carbonyl (C=O) groups excluding carboxylic acids is 3. The van der Waals surface area contributed by atoms with Gasteiger partial charge >= 0.3 is 5.97 Å². The number of hydrogen-bond donors (Lipinski definition) is 0. The highest BCUT2D eigenvalue weighted by atomic mass is 79.9. The molecule has 1 unspecified atom stereocenters. The summed E-state index contributed by atoms with van der Waals surface area (Å²) < 4.78 is 5.82. The standard InChI is InChI=1S/C15H16BrNO4/c1-8(14(20)21-15(2,3)4)17-10-7-5-6-9(16)11(10)12(18)13(17)19/h5-8H,1-4H3. The maximum atomic E-state index is 12.2. The molecule has 1 aromatic rings. The van der Waals surface area contributed by atoms with E-state index in [1.54, 1.807) is 45.9 Å². The Morgan fingerprint density at radius 3 is 2.48 bits per heavy atom. The predicted molar refractivity (Wildman–Crippen MR) is 81.3 cm³/mol. The third-order valence-electron chi connectivity index (χ3n) is 3.03. The lowest BCUT2D eigenvalue weighted by Crippen LogP contribution is -2.45. The molecule has 0 aromatic heterocycles. The van der Waals surface area contributed by atoms with Gasteiger partial charge in [0.25, 0.3) is 11.7 Å². The summed E-state index contributed by atoms with van der Waals surface area (Å²) in [6.07, 6.45) is 0. The monoisotopic (exact) mass is 353 g/mol. The van der Waals surface area contributed by atoms with E-state index in [2.05, 4.69) is 15.9 Å². The first-order chi connectivity index (χ1) is 9.63. The summed E-state index contributed by atoms with van der Waals surface area (Å²) in [6, 6.07) is 4.18. The van der Waals surface area contributed by atoms with Crippen molar-refractivity contribution in [2.45, 2.75) is 39.3 Å². The summed E-state index contributed by atoms with van der Waals surface area (Å²) >= 11 is 3.26. The van der Waals surface area contributed by atoms with E-state index in [9.17, 15) is 14.4 Å². The van der Waals surface area contributed by atoms with Crippen molar-refractivity contribution in [2.75, 3.05) is 4.90 Å². The largest absolute Gasteiger partial charge is 0.458 e. The number of anilines is 1. The molecule has 1 heterocycles. The number of nitrogens with zero attached hydrogens (tertiary/aromatic N) is 1. The highest BCUT2D eigenvalue weighted by Gasteiger charge is 2.42. The van der Waals surface area contributed by atoms with Crippen LogP contribution in [0.3, 0.4) is 0 Å². The summed E-state index contributed by atoms with van der Waals surface area (Å²) in [4.78, 5) is 37.6. The Bertz CT molecular complexity index is 633. The molecule has 0 aliphatic carbocycles. The zero-order chi connectivity index (χ0) is 15.9. The van der Waals surface area contributed by atoms with Gasteiger partial charge in [0.2, 0.25) is 0 Å². The first-order valence-corrected chi connectivity index (χ1v) is 7.32. The van der Waals surface area contributed by atoms with Crippen molar-refractivity contribution in [1.29, 1.82) is 0 Å². The van der Waals surface area contributed by atoms with Crippen LogP contribution < -0.4 is 4.90 Å². The van der Waals surface area contributed by atoms with Gasteiger partial charge in [0.15, 0.2) is 0 Å². The van der Waals surface area contributed by atoms with Crippen LogP contribution in [0.5, 0.6) is 0 Å². The summed E-state index contributed by atoms with van der Waals surface area (Å²) in [5.74, 6) is -1.88. The van der Waals surface area contributed by atoms with Crippen molar-refractivity contribution in [1.82, 2.24) is 0 Å². The minimum absolute atomic E-state index is 0.290. The number of amides is 1. The van der Waals surface area contributed by atoms with Crippen molar-refractivity contribution in [3.8, 4) is 0 Å². The summed E-state index contributed by atoms with van der Waals surface area (Å²) in [5, 5.41) is 0. The molecule has 5 nitrogen and oxygen atoms in total. The Morgan fingerprint density at radius 2 is 1.90 bits per heavy atom. The molecule has 0 saturated heterocycles. The molecule has 1 atom stereocenters. The lowest BCUT2D eigenvalue weighted by Gasteiger charge is -2.27. The van der Waals surface area contributed by atoms with Crippen LogP contribution in [0.15, 0.2) is 22.7 Å². The second-order valence-electron chi connectivity index (χ2n) is 5.85. The van der Waals surface area contributed by atoms with Gasteiger partial charge in [-0.05, 0) is 55.8 Å². The van der Waals surface area contributed by atoms with Crippen LogP contribution >= 0.6 is 15.9 Å². The van der Waals surface area contributed by atoms with E-state index in [1.807, 2.05) is 0 Å². The van der Waals surface area contributed by atoms with Crippen LogP contribution in [0.1, 0.15) is 38.1 Å². The zero-order valence-corrected chi connectivity index (χ0v) is 13.9. The molecule has 6 heteroatoms. The Hall–Kier alpha value is -1.69. The Balaban J connectivity index is 2.38. The number of fused-ring (bicyclic) bond motifs is 1. The van der Waals surface area contributed by atoms with Crippen molar-refractivity contribution < 1.29 is 19.1 Å². The van der Waals surface area contributed by atoms with E-state index in [-0.39, 0.29) is 5.56 Å². The number of esters is 1. The number of ketones is 1. The maximum absolute atomic E-state index is 12.2. The van der Waals surface area contributed by atoms with Crippen molar-refractivity contribution >= 4 is 39.3 Å². The second-order valence-corrected chi connectivity index (χ2v) is 6.70. The van der Waals surface area contributed by atoms with Crippen LogP contribution in [-0.2, 0) is 14.3 Å². The van der Waals surface area contributed by atoms with E-state index in [4.69, 9.17) is 4.74 Å². The fourth-order valence-electron chi connectivity index (χ4n) is 2.14. The lowest BCUT2D eigenvalue weighted by molar-refractivity contribution is -0.156. The van der Waals surface area contributed by atoms with Crippen LogP contribution in [0.2, 0.25) is 0 Å². The number of ether oxygens (including phenoxy) is 1. The first-order valence-electron chi connectivity index (χ1n) is 6.53. The average molecular weight is 354 g/mol. The highest BCUT2D eigenvalue weighted by molar-refractivity contribution is 9.10. The van der Waals surface area contributed by atoms with Gasteiger partial charge in [0, 0.05) is 4.47 Å². The van der Waals surface area contributed by atoms with Crippen LogP contribution in [0.25, 0.3) is 0 Å². The molecule has 21 heavy (non-hydrogen) atoms. The van der Waals surface area contributed by atoms with Crippen LogP contribution in [0, 0.1) is 0 Å². The van der Waals surface area contributed by atoms with Crippen molar-refractivity contribution in [3.63, 3.8) is 0 Å². The molecule has 1 aromatic carbocycles. The lowest BCUT2D eigenvalue weighted by atomic mass is 10.1. The minimum Gasteiger partial charge on any atom is -0.458 e. The number of halogens is 1. The van der Waals surface area contributed by atoms with Crippen molar-refractivity contribution in [3.05, 3.63) is 28.2 Å². The predicted octanol–water partition coefficient (Wildman–Crippen LogP) is 2.71. The summed E-state index contributed by atoms with van der Waals surface area (Å²) in [6.45, 7) is 6.80. The molecule has 0 N–H and O–H groups in total. The van der Waals surface area contributed by atoms with Gasteiger partial charge in [-0.25, -0.2) is 4.79 Å². The van der Waals surface area contributed by atoms with Gasteiger partial charge in [0.05, 0.1) is 11.3 Å². The molecule has 112 valence electrons. The van der Waals surface area contributed by atoms with Gasteiger partial charge in [0.1, 0.15) is 11.6 Å². The fourth-order valence-corrected chi connectivity index (χ4v) is 2.68. The molecule has 0 bridgehead atoms. The minimum atomic E-state index is -0.865. The smallest absolute Gasteiger partial charge is 0.329 e. The molecule has 0 saturated carbocycles. The molecule has 2 rings (SSSR count). The molecule has 0 fully saturated rings. The highest BCUT2D eigenvalue weighted by Crippen LogP contribution is 2.35. The quantitative estimate of drug-likeness (QED) is 0.605. The van der Waals surface area contributed by atoms with E-state index in [1.165, 1.54) is 4.90 Å². The topological polar surface area (TPSA) is 63.7 Å². The third-order valence-corrected chi connectivity index (χ3v) is 3.69. The van der Waals surface area contributed by atoms with E-state index in [0.717, 1.165) is 0 Å². The third kappa shape index (κ3) is 2.85. The summed E-state index contributed by atoms with van der Waals surface area (Å²) in [5.41, 5.74) is 0.0636. The summed E-state index contributed by atoms with van der Waals surface area (Å²) in [7, 11) is 0. The van der Waals surface area contributed by atoms with Gasteiger partial charge in [-0.3, -0.25) is 14.5 Å². The second kappa shape index (κ2) is 5.26. The zero-order valence-electron chi connectivity index (χ0n) is 12.3. The Labute approximate surface area is 131 Å². The first kappa shape index (κ1) is 15.7. The molecular weight excluding hydrogens is 338 g/mol. The van der Waals surface area contributed by atoms with E-state index in [0.29, 0.717) is 10.2 Å². The molecular formula is C15H16BrNO4. The molecule has 0 radical (unpaired) electrons. The van der Waals surface area contributed by atoms with Crippen molar-refractivity contribution in [2.24, 2.45) is 0 Å². The van der Waals surface area contributed by atoms with Gasteiger partial charge in [-0.1, -0.05) is 6.07 Å².